The first-order valence-electron chi connectivity index (χ1n) is 5.45. The average molecular weight is 230 g/mol. The lowest BCUT2D eigenvalue weighted by Gasteiger charge is -2.10. The Hall–Kier alpha value is -2.03. The Kier molecular flexibility index (Phi) is 3.00. The lowest BCUT2D eigenvalue weighted by Crippen LogP contribution is -1.96. The Bertz CT molecular complexity index is 530. The van der Waals surface area contributed by atoms with Crippen molar-refractivity contribution in [1.29, 1.82) is 0 Å². The molecule has 0 radical (unpaired) electrons. The number of rotatable bonds is 2. The standard InChI is InChI=1S/C14H15FN2/c1-9-5-10(2)7-12(6-9)17-14-4-3-11(16)8-13(14)15/h3-8,17H,16H2,1-2H3. The molecule has 3 N–H and O–H groups in total. The van der Waals surface area contributed by atoms with Gasteiger partial charge in [-0.05, 0) is 55.3 Å². The van der Waals surface area contributed by atoms with E-state index in [1.165, 1.54) is 6.07 Å². The van der Waals surface area contributed by atoms with E-state index < -0.39 is 0 Å². The van der Waals surface area contributed by atoms with Crippen molar-refractivity contribution >= 4 is 17.1 Å². The molecule has 0 atom stereocenters. The molecule has 88 valence electrons. The molecule has 0 fully saturated rings. The predicted octanol–water partition coefficient (Wildman–Crippen LogP) is 3.77. The van der Waals surface area contributed by atoms with Crippen LogP contribution < -0.4 is 11.1 Å². The number of benzene rings is 2. The molecule has 0 aromatic heterocycles. The van der Waals surface area contributed by atoms with Gasteiger partial charge < -0.3 is 11.1 Å². The fraction of sp³-hybridized carbons (Fsp3) is 0.143. The van der Waals surface area contributed by atoms with Crippen LogP contribution in [0.3, 0.4) is 0 Å². The maximum absolute atomic E-state index is 13.6. The van der Waals surface area contributed by atoms with Crippen LogP contribution in [0.2, 0.25) is 0 Å². The normalized spacial score (nSPS) is 10.3. The van der Waals surface area contributed by atoms with Crippen molar-refractivity contribution in [1.82, 2.24) is 0 Å². The van der Waals surface area contributed by atoms with Crippen molar-refractivity contribution < 1.29 is 4.39 Å². The van der Waals surface area contributed by atoms with Crippen LogP contribution in [0.5, 0.6) is 0 Å². The number of hydrogen-bond donors (Lipinski definition) is 2. The minimum Gasteiger partial charge on any atom is -0.399 e. The second-order valence-electron chi connectivity index (χ2n) is 4.24. The molecule has 0 aliphatic carbocycles. The quantitative estimate of drug-likeness (QED) is 0.771. The lowest BCUT2D eigenvalue weighted by atomic mass is 10.1. The number of aryl methyl sites for hydroxylation is 2. The van der Waals surface area contributed by atoms with Crippen molar-refractivity contribution in [3.63, 3.8) is 0 Å². The third-order valence-corrected chi connectivity index (χ3v) is 2.49. The van der Waals surface area contributed by atoms with Gasteiger partial charge in [0.25, 0.3) is 0 Å². The van der Waals surface area contributed by atoms with Gasteiger partial charge in [-0.15, -0.1) is 0 Å². The Morgan fingerprint density at radius 2 is 1.65 bits per heavy atom. The van der Waals surface area contributed by atoms with E-state index in [1.807, 2.05) is 26.0 Å². The third kappa shape index (κ3) is 2.75. The van der Waals surface area contributed by atoms with Gasteiger partial charge in [-0.25, -0.2) is 4.39 Å². The number of nitrogens with two attached hydrogens (primary N) is 1. The van der Waals surface area contributed by atoms with Crippen molar-refractivity contribution in [2.75, 3.05) is 11.1 Å². The molecule has 2 nitrogen and oxygen atoms in total. The van der Waals surface area contributed by atoms with Crippen molar-refractivity contribution in [2.24, 2.45) is 0 Å². The van der Waals surface area contributed by atoms with Crippen LogP contribution in [0.15, 0.2) is 36.4 Å². The fourth-order valence-electron chi connectivity index (χ4n) is 1.84. The van der Waals surface area contributed by atoms with Crippen LogP contribution in [-0.2, 0) is 0 Å². The maximum Gasteiger partial charge on any atom is 0.148 e. The highest BCUT2D eigenvalue weighted by Crippen LogP contribution is 2.23. The number of nitrogen functional groups attached to an aromatic ring is 1. The van der Waals surface area contributed by atoms with Gasteiger partial charge >= 0.3 is 0 Å². The smallest absolute Gasteiger partial charge is 0.148 e. The molecule has 2 aromatic rings. The minimum atomic E-state index is -0.343. The lowest BCUT2D eigenvalue weighted by molar-refractivity contribution is 0.632. The van der Waals surface area contributed by atoms with E-state index in [9.17, 15) is 4.39 Å². The van der Waals surface area contributed by atoms with Crippen molar-refractivity contribution in [3.8, 4) is 0 Å². The highest BCUT2D eigenvalue weighted by atomic mass is 19.1. The van der Waals surface area contributed by atoms with Crippen LogP contribution in [0, 0.1) is 19.7 Å². The minimum absolute atomic E-state index is 0.343. The number of nitrogens with one attached hydrogen (secondary N) is 1. The summed E-state index contributed by atoms with van der Waals surface area (Å²) in [5.74, 6) is -0.343. The molecule has 0 amide bonds. The molecule has 0 heterocycles. The molecule has 0 spiro atoms. The van der Waals surface area contributed by atoms with Gasteiger partial charge in [0.2, 0.25) is 0 Å². The van der Waals surface area contributed by atoms with E-state index >= 15 is 0 Å². The van der Waals surface area contributed by atoms with Crippen LogP contribution in [0.4, 0.5) is 21.5 Å². The summed E-state index contributed by atoms with van der Waals surface area (Å²) in [7, 11) is 0. The zero-order chi connectivity index (χ0) is 12.4. The summed E-state index contributed by atoms with van der Waals surface area (Å²) in [6.07, 6.45) is 0. The molecule has 0 aliphatic heterocycles. The molecule has 3 heteroatoms. The molecule has 0 unspecified atom stereocenters. The number of anilines is 3. The number of halogens is 1. The first-order valence-corrected chi connectivity index (χ1v) is 5.45. The van der Waals surface area contributed by atoms with E-state index in [0.717, 1.165) is 16.8 Å². The Balaban J connectivity index is 2.31. The van der Waals surface area contributed by atoms with E-state index in [0.29, 0.717) is 11.4 Å². The van der Waals surface area contributed by atoms with Gasteiger partial charge in [-0.1, -0.05) is 6.07 Å². The second kappa shape index (κ2) is 4.45. The molecule has 2 aromatic carbocycles. The average Bonchev–Trinajstić information content (AvgIpc) is 2.21. The summed E-state index contributed by atoms with van der Waals surface area (Å²) < 4.78 is 13.6. The molecular formula is C14H15FN2. The highest BCUT2D eigenvalue weighted by molar-refractivity contribution is 5.63. The molecule has 0 saturated heterocycles. The Morgan fingerprint density at radius 1 is 1.00 bits per heavy atom. The highest BCUT2D eigenvalue weighted by Gasteiger charge is 2.03. The maximum atomic E-state index is 13.6. The first kappa shape index (κ1) is 11.5. The van der Waals surface area contributed by atoms with Crippen LogP contribution >= 0.6 is 0 Å². The number of hydrogen-bond acceptors (Lipinski definition) is 2. The van der Waals surface area contributed by atoms with Gasteiger partial charge in [0, 0.05) is 11.4 Å². The monoisotopic (exact) mass is 230 g/mol. The zero-order valence-electron chi connectivity index (χ0n) is 9.92. The summed E-state index contributed by atoms with van der Waals surface area (Å²) in [4.78, 5) is 0. The SMILES string of the molecule is Cc1cc(C)cc(Nc2ccc(N)cc2F)c1. The fourth-order valence-corrected chi connectivity index (χ4v) is 1.84. The summed E-state index contributed by atoms with van der Waals surface area (Å²) in [5.41, 5.74) is 9.53. The second-order valence-corrected chi connectivity index (χ2v) is 4.24. The third-order valence-electron chi connectivity index (χ3n) is 2.49. The van der Waals surface area contributed by atoms with Gasteiger partial charge in [0.05, 0.1) is 5.69 Å². The predicted molar refractivity (Wildman–Crippen MR) is 70.0 cm³/mol. The van der Waals surface area contributed by atoms with E-state index in [-0.39, 0.29) is 5.82 Å². The molecular weight excluding hydrogens is 215 g/mol. The van der Waals surface area contributed by atoms with Gasteiger partial charge in [0.1, 0.15) is 5.82 Å². The molecule has 0 saturated carbocycles. The van der Waals surface area contributed by atoms with Gasteiger partial charge in [-0.3, -0.25) is 0 Å². The van der Waals surface area contributed by atoms with Crippen LogP contribution in [0.25, 0.3) is 0 Å². The topological polar surface area (TPSA) is 38.0 Å². The summed E-state index contributed by atoms with van der Waals surface area (Å²) in [6, 6.07) is 10.7. The van der Waals surface area contributed by atoms with Crippen LogP contribution in [0.1, 0.15) is 11.1 Å². The Morgan fingerprint density at radius 3 is 2.24 bits per heavy atom. The van der Waals surface area contributed by atoms with E-state index in [2.05, 4.69) is 11.4 Å². The largest absolute Gasteiger partial charge is 0.399 e. The molecule has 0 aliphatic rings. The van der Waals surface area contributed by atoms with Crippen molar-refractivity contribution in [2.45, 2.75) is 13.8 Å². The van der Waals surface area contributed by atoms with E-state index in [4.69, 9.17) is 5.73 Å². The van der Waals surface area contributed by atoms with Crippen molar-refractivity contribution in [3.05, 3.63) is 53.3 Å². The summed E-state index contributed by atoms with van der Waals surface area (Å²) >= 11 is 0. The summed E-state index contributed by atoms with van der Waals surface area (Å²) in [5, 5.41) is 3.05. The summed E-state index contributed by atoms with van der Waals surface area (Å²) in [6.45, 7) is 4.02. The molecule has 2 rings (SSSR count). The zero-order valence-corrected chi connectivity index (χ0v) is 9.92. The molecule has 17 heavy (non-hydrogen) atoms. The first-order chi connectivity index (χ1) is 8.04. The van der Waals surface area contributed by atoms with Gasteiger partial charge in [0.15, 0.2) is 0 Å². The Labute approximate surface area is 100 Å². The van der Waals surface area contributed by atoms with Crippen LogP contribution in [-0.4, -0.2) is 0 Å². The molecule has 0 bridgehead atoms. The van der Waals surface area contributed by atoms with E-state index in [1.54, 1.807) is 12.1 Å². The van der Waals surface area contributed by atoms with Gasteiger partial charge in [-0.2, -0.15) is 0 Å².